The zero-order chi connectivity index (χ0) is 46.5. The van der Waals surface area contributed by atoms with Crippen molar-refractivity contribution in [3.63, 3.8) is 0 Å². The highest BCUT2D eigenvalue weighted by Crippen LogP contribution is 2.36. The molecule has 3 fully saturated rings. The summed E-state index contributed by atoms with van der Waals surface area (Å²) in [6.45, 7) is 17.0. The Morgan fingerprint density at radius 2 is 1.80 bits per heavy atom. The van der Waals surface area contributed by atoms with Gasteiger partial charge in [-0.2, -0.15) is 0 Å². The highest BCUT2D eigenvalue weighted by Gasteiger charge is 2.43. The van der Waals surface area contributed by atoms with Crippen molar-refractivity contribution in [3.05, 3.63) is 83.2 Å². The molecule has 6 heterocycles. The first-order chi connectivity index (χ1) is 31.9. The van der Waals surface area contributed by atoms with Gasteiger partial charge in [-0.3, -0.25) is 19.4 Å². The molecule has 6 atom stereocenters. The summed E-state index contributed by atoms with van der Waals surface area (Å²) in [5.74, 6) is 0.672. The summed E-state index contributed by atoms with van der Waals surface area (Å²) >= 11 is 1.59. The number of aromatic nitrogens is 4. The fourth-order valence-corrected chi connectivity index (χ4v) is 10.7. The minimum Gasteiger partial charge on any atom is -0.507 e. The number of amides is 2. The van der Waals surface area contributed by atoms with Gasteiger partial charge in [0.05, 0.1) is 39.6 Å². The van der Waals surface area contributed by atoms with Gasteiger partial charge < -0.3 is 39.9 Å². The number of carbonyl (C=O) groups excluding carboxylic acids is 2. The van der Waals surface area contributed by atoms with Gasteiger partial charge in [0.1, 0.15) is 24.3 Å². The number of phenolic OH excluding ortho intramolecular Hbond substituents is 1. The van der Waals surface area contributed by atoms with E-state index >= 15 is 0 Å². The van der Waals surface area contributed by atoms with Crippen molar-refractivity contribution in [2.45, 2.75) is 84.0 Å². The van der Waals surface area contributed by atoms with Gasteiger partial charge in [0.2, 0.25) is 11.8 Å². The second-order valence-electron chi connectivity index (χ2n) is 18.5. The third-order valence-electron chi connectivity index (χ3n) is 13.4. The van der Waals surface area contributed by atoms with E-state index in [1.807, 2.05) is 82.7 Å². The molecular weight excluding hydrogens is 857 g/mol. The molecule has 5 aromatic rings. The number of carbonyl (C=O) groups is 2. The van der Waals surface area contributed by atoms with Gasteiger partial charge in [0, 0.05) is 77.0 Å². The quantitative estimate of drug-likeness (QED) is 0.0878. The number of rotatable bonds is 16. The van der Waals surface area contributed by atoms with Crippen molar-refractivity contribution in [1.29, 1.82) is 0 Å². The van der Waals surface area contributed by atoms with Crippen molar-refractivity contribution in [1.82, 2.24) is 40.4 Å². The summed E-state index contributed by atoms with van der Waals surface area (Å²) < 4.78 is 11.9. The average molecular weight is 921 g/mol. The van der Waals surface area contributed by atoms with Crippen LogP contribution in [0.4, 0.5) is 11.5 Å². The Morgan fingerprint density at radius 3 is 2.53 bits per heavy atom. The summed E-state index contributed by atoms with van der Waals surface area (Å²) in [6.07, 6.45) is 1.64. The molecule has 16 nitrogen and oxygen atoms in total. The Bertz CT molecular complexity index is 2430. The van der Waals surface area contributed by atoms with Crippen molar-refractivity contribution in [2.24, 2.45) is 11.8 Å². The number of ether oxygens (including phenoxy) is 1. The van der Waals surface area contributed by atoms with Gasteiger partial charge in [-0.25, -0.2) is 4.98 Å². The molecule has 0 spiro atoms. The van der Waals surface area contributed by atoms with E-state index in [4.69, 9.17) is 9.26 Å². The van der Waals surface area contributed by atoms with Gasteiger partial charge >= 0.3 is 0 Å². The van der Waals surface area contributed by atoms with Crippen LogP contribution in [0, 0.1) is 18.8 Å². The number of hydrogen-bond donors (Lipinski definition) is 4. The number of β-amino-alcohol motifs (C(OH)–C–C–N with tert-alkyl or cyclic N) is 1. The lowest BCUT2D eigenvalue weighted by Gasteiger charge is -2.43. The van der Waals surface area contributed by atoms with E-state index < -0.39 is 18.1 Å². The topological polar surface area (TPSA) is 186 Å². The molecule has 0 aliphatic carbocycles. The second kappa shape index (κ2) is 20.9. The van der Waals surface area contributed by atoms with Crippen LogP contribution in [-0.4, -0.2) is 141 Å². The Balaban J connectivity index is 0.813. The molecule has 17 heteroatoms. The Kier molecular flexibility index (Phi) is 14.9. The number of anilines is 2. The molecule has 2 amide bonds. The first-order valence-electron chi connectivity index (χ1n) is 23.3. The fraction of sp³-hybridized carbons (Fsp3) is 0.510. The molecule has 0 radical (unpaired) electrons. The molecule has 0 bridgehead atoms. The normalized spacial score (nSPS) is 21.5. The van der Waals surface area contributed by atoms with Crippen LogP contribution < -0.4 is 20.3 Å². The monoisotopic (exact) mass is 920 g/mol. The molecule has 3 aromatic heterocycles. The van der Waals surface area contributed by atoms with Gasteiger partial charge in [-0.15, -0.1) is 21.5 Å². The molecule has 352 valence electrons. The lowest BCUT2D eigenvalue weighted by atomic mass is 9.91. The number of aryl methyl sites for hydroxylation is 1. The number of aliphatic hydroxyl groups is 1. The molecule has 4 N–H and O–H groups in total. The number of hydrogen-bond acceptors (Lipinski definition) is 15. The maximum atomic E-state index is 14.3. The van der Waals surface area contributed by atoms with E-state index in [0.717, 1.165) is 85.4 Å². The van der Waals surface area contributed by atoms with Gasteiger partial charge in [0.15, 0.2) is 11.6 Å². The van der Waals surface area contributed by atoms with Gasteiger partial charge in [-0.1, -0.05) is 50.2 Å². The zero-order valence-corrected chi connectivity index (χ0v) is 39.7. The number of aliphatic hydroxyl groups excluding tert-OH is 1. The largest absolute Gasteiger partial charge is 0.507 e. The maximum absolute atomic E-state index is 14.3. The Labute approximate surface area is 391 Å². The SMILES string of the molecule is CNc1nnc(-c2ccccc2O)cc1N1CCN(CC2CCCN(CCOc3cc([C@H](C(=O)N4C[C@H](O)C[C@H]4C(=O)N[C@@H](C)c4ccc(-c5scnc5C)cc4)C(C)C)on3)C2)C[C@@H]1C. The van der Waals surface area contributed by atoms with Crippen LogP contribution in [-0.2, 0) is 9.59 Å². The van der Waals surface area contributed by atoms with E-state index in [1.165, 1.54) is 11.3 Å². The van der Waals surface area contributed by atoms with Crippen LogP contribution in [0.1, 0.15) is 75.9 Å². The van der Waals surface area contributed by atoms with Crippen LogP contribution in [0.25, 0.3) is 21.7 Å². The molecule has 2 aromatic carbocycles. The first-order valence-corrected chi connectivity index (χ1v) is 24.2. The van der Waals surface area contributed by atoms with Crippen LogP contribution in [0.2, 0.25) is 0 Å². The predicted molar refractivity (Wildman–Crippen MR) is 256 cm³/mol. The molecule has 1 unspecified atom stereocenters. The molecular formula is C49H64N10O6S. The number of benzene rings is 2. The lowest BCUT2D eigenvalue weighted by Crippen LogP contribution is -2.54. The molecule has 0 saturated carbocycles. The molecule has 3 aliphatic rings. The number of phenols is 1. The number of piperidine rings is 1. The van der Waals surface area contributed by atoms with Crippen LogP contribution in [0.3, 0.4) is 0 Å². The lowest BCUT2D eigenvalue weighted by molar-refractivity contribution is -0.141. The van der Waals surface area contributed by atoms with E-state index in [9.17, 15) is 19.8 Å². The molecule has 3 aliphatic heterocycles. The number of nitrogens with zero attached hydrogens (tertiary/aromatic N) is 8. The Morgan fingerprint density at radius 1 is 1.00 bits per heavy atom. The fourth-order valence-electron chi connectivity index (χ4n) is 9.91. The van der Waals surface area contributed by atoms with Gasteiger partial charge in [-0.05, 0) is 86.5 Å². The van der Waals surface area contributed by atoms with Crippen LogP contribution >= 0.6 is 11.3 Å². The third-order valence-corrected chi connectivity index (χ3v) is 14.4. The summed E-state index contributed by atoms with van der Waals surface area (Å²) in [6, 6.07) is 18.1. The molecule has 3 saturated heterocycles. The van der Waals surface area contributed by atoms with Gasteiger partial charge in [0.25, 0.3) is 5.88 Å². The summed E-state index contributed by atoms with van der Waals surface area (Å²) in [7, 11) is 1.86. The number of likely N-dealkylation sites (tertiary alicyclic amines) is 2. The summed E-state index contributed by atoms with van der Waals surface area (Å²) in [4.78, 5) is 42.4. The van der Waals surface area contributed by atoms with Crippen molar-refractivity contribution in [2.75, 3.05) is 76.2 Å². The minimum absolute atomic E-state index is 0.0600. The van der Waals surface area contributed by atoms with Crippen molar-refractivity contribution >= 4 is 34.7 Å². The van der Waals surface area contributed by atoms with Crippen LogP contribution in [0.15, 0.2) is 70.7 Å². The summed E-state index contributed by atoms with van der Waals surface area (Å²) in [5, 5.41) is 40.6. The number of para-hydroxylation sites is 1. The highest BCUT2D eigenvalue weighted by molar-refractivity contribution is 7.13. The first kappa shape index (κ1) is 46.9. The highest BCUT2D eigenvalue weighted by atomic mass is 32.1. The third kappa shape index (κ3) is 10.6. The maximum Gasteiger partial charge on any atom is 0.254 e. The Hall–Kier alpha value is -5.62. The average Bonchev–Trinajstić information content (AvgIpc) is 4.06. The number of piperazine rings is 1. The predicted octanol–water partition coefficient (Wildman–Crippen LogP) is 6.19. The minimum atomic E-state index is -0.822. The van der Waals surface area contributed by atoms with Crippen molar-refractivity contribution < 1.29 is 29.1 Å². The second-order valence-corrected chi connectivity index (χ2v) is 19.3. The molecule has 8 rings (SSSR count). The summed E-state index contributed by atoms with van der Waals surface area (Å²) in [5.41, 5.74) is 7.11. The smallest absolute Gasteiger partial charge is 0.254 e. The van der Waals surface area contributed by atoms with E-state index in [-0.39, 0.29) is 48.5 Å². The van der Waals surface area contributed by atoms with E-state index in [1.54, 1.807) is 29.5 Å². The number of nitrogens with one attached hydrogen (secondary N) is 2. The zero-order valence-electron chi connectivity index (χ0n) is 38.9. The van der Waals surface area contributed by atoms with Crippen molar-refractivity contribution in [3.8, 4) is 33.3 Å². The van der Waals surface area contributed by atoms with E-state index in [2.05, 4.69) is 52.6 Å². The van der Waals surface area contributed by atoms with Crippen LogP contribution in [0.5, 0.6) is 11.6 Å². The number of aromatic hydroxyl groups is 1. The van der Waals surface area contributed by atoms with E-state index in [0.29, 0.717) is 35.4 Å². The molecule has 66 heavy (non-hydrogen) atoms. The number of thiazole rings is 1. The standard InChI is InChI=1S/C49H64N10O6S/c1-30(2)45(49(63)59-28-37(60)22-41(59)48(62)52-32(4)35-13-15-36(16-14-35)46-33(5)51-29-66-46)43-24-44(55-65-43)64-21-20-56-17-9-10-34(26-56)27-57-18-19-58(31(3)25-57)40-23-39(53-54-47(40)50-6)38-11-7-8-12-42(38)61/h7-8,11-16,23-24,29-32,34,37,41,45,60-61H,9-10,17-22,25-28H2,1-6H3,(H,50,54)(H,52,62)/t31-,32-,34?,37+,41-,45+/m0/s1.